The summed E-state index contributed by atoms with van der Waals surface area (Å²) in [5.41, 5.74) is 7.37. The molecule has 1 aromatic rings. The van der Waals surface area contributed by atoms with E-state index in [0.29, 0.717) is 12.0 Å². The van der Waals surface area contributed by atoms with Gasteiger partial charge in [-0.3, -0.25) is 0 Å². The van der Waals surface area contributed by atoms with Crippen molar-refractivity contribution in [3.05, 3.63) is 29.8 Å². The van der Waals surface area contributed by atoms with E-state index in [1.54, 1.807) is 0 Å². The van der Waals surface area contributed by atoms with Crippen LogP contribution in [0.25, 0.3) is 0 Å². The second-order valence-electron chi connectivity index (χ2n) is 6.09. The number of hydrogen-bond acceptors (Lipinski definition) is 4. The Morgan fingerprint density at radius 3 is 2.62 bits per heavy atom. The average Bonchev–Trinajstić information content (AvgIpc) is 2.92. The Balaban J connectivity index is 1.76. The molecule has 1 fully saturated rings. The molecule has 114 valence electrons. The second kappa shape index (κ2) is 6.06. The lowest BCUT2D eigenvalue weighted by Gasteiger charge is -2.31. The average molecular weight is 286 g/mol. The van der Waals surface area contributed by atoms with Crippen molar-refractivity contribution in [3.63, 3.8) is 0 Å². The summed E-state index contributed by atoms with van der Waals surface area (Å²) in [7, 11) is 2.20. The maximum absolute atomic E-state index is 4.57. The molecular formula is C17H26N4. The number of nitrogens with zero attached hydrogens (tertiary/aromatic N) is 3. The molecule has 1 saturated heterocycles. The van der Waals surface area contributed by atoms with Crippen molar-refractivity contribution in [1.82, 2.24) is 10.3 Å². The molecule has 3 rings (SSSR count). The van der Waals surface area contributed by atoms with Crippen LogP contribution in [-0.2, 0) is 0 Å². The summed E-state index contributed by atoms with van der Waals surface area (Å²) in [6.07, 6.45) is 1.10. The fraction of sp³-hybridized carbons (Fsp3) is 0.588. The van der Waals surface area contributed by atoms with Gasteiger partial charge in [0.25, 0.3) is 0 Å². The van der Waals surface area contributed by atoms with Gasteiger partial charge in [-0.1, -0.05) is 12.1 Å². The lowest BCUT2D eigenvalue weighted by molar-refractivity contribution is 0.272. The van der Waals surface area contributed by atoms with Crippen molar-refractivity contribution >= 4 is 11.4 Å². The van der Waals surface area contributed by atoms with E-state index in [1.807, 2.05) is 0 Å². The molecule has 0 amide bonds. The molecule has 21 heavy (non-hydrogen) atoms. The fourth-order valence-electron chi connectivity index (χ4n) is 3.49. The van der Waals surface area contributed by atoms with Gasteiger partial charge in [-0.25, -0.2) is 0 Å². The molecule has 2 aliphatic rings. The number of fused-ring (bicyclic) bond motifs is 1. The number of piperidine rings is 1. The minimum Gasteiger partial charge on any atom is -0.372 e. The molecule has 2 heterocycles. The Labute approximate surface area is 127 Å². The van der Waals surface area contributed by atoms with Crippen LogP contribution in [-0.4, -0.2) is 43.8 Å². The molecule has 0 aliphatic carbocycles. The van der Waals surface area contributed by atoms with E-state index in [9.17, 15) is 0 Å². The fourth-order valence-corrected chi connectivity index (χ4v) is 3.49. The van der Waals surface area contributed by atoms with E-state index >= 15 is 0 Å². The number of rotatable bonds is 4. The highest BCUT2D eigenvalue weighted by Gasteiger charge is 2.35. The standard InChI is InChI=1S/C17H26N4/c1-4-21(5-2)14-8-6-13(7-9-14)17-15-12-20(3)11-10-16(15)18-19-17/h6-9,15,17,19H,4-5,10-12H2,1-3H3. The molecular weight excluding hydrogens is 260 g/mol. The highest BCUT2D eigenvalue weighted by atomic mass is 15.3. The van der Waals surface area contributed by atoms with Gasteiger partial charge in [0, 0.05) is 49.9 Å². The Morgan fingerprint density at radius 1 is 1.24 bits per heavy atom. The SMILES string of the molecule is CCN(CC)c1ccc(C2NN=C3CCN(C)CC32)cc1. The van der Waals surface area contributed by atoms with Gasteiger partial charge in [-0.2, -0.15) is 5.10 Å². The third-order valence-electron chi connectivity index (χ3n) is 4.82. The van der Waals surface area contributed by atoms with E-state index in [1.165, 1.54) is 17.0 Å². The summed E-state index contributed by atoms with van der Waals surface area (Å²) in [6, 6.07) is 9.35. The summed E-state index contributed by atoms with van der Waals surface area (Å²) in [5, 5.41) is 4.57. The lowest BCUT2D eigenvalue weighted by atomic mass is 9.86. The van der Waals surface area contributed by atoms with Crippen LogP contribution >= 0.6 is 0 Å². The van der Waals surface area contributed by atoms with Crippen LogP contribution in [0.2, 0.25) is 0 Å². The third kappa shape index (κ3) is 2.77. The van der Waals surface area contributed by atoms with Crippen LogP contribution in [0.1, 0.15) is 31.9 Å². The zero-order chi connectivity index (χ0) is 14.8. The van der Waals surface area contributed by atoms with Crippen molar-refractivity contribution in [2.45, 2.75) is 26.3 Å². The molecule has 2 atom stereocenters. The monoisotopic (exact) mass is 286 g/mol. The van der Waals surface area contributed by atoms with Gasteiger partial charge in [-0.05, 0) is 38.6 Å². The van der Waals surface area contributed by atoms with Crippen LogP contribution in [0.5, 0.6) is 0 Å². The minimum absolute atomic E-state index is 0.341. The number of hydrogen-bond donors (Lipinski definition) is 1. The van der Waals surface area contributed by atoms with E-state index in [2.05, 4.69) is 65.5 Å². The summed E-state index contributed by atoms with van der Waals surface area (Å²) in [4.78, 5) is 4.79. The summed E-state index contributed by atoms with van der Waals surface area (Å²) >= 11 is 0. The van der Waals surface area contributed by atoms with Crippen molar-refractivity contribution in [2.75, 3.05) is 38.1 Å². The van der Waals surface area contributed by atoms with Gasteiger partial charge in [0.15, 0.2) is 0 Å². The zero-order valence-corrected chi connectivity index (χ0v) is 13.3. The van der Waals surface area contributed by atoms with Gasteiger partial charge >= 0.3 is 0 Å². The third-order valence-corrected chi connectivity index (χ3v) is 4.82. The first kappa shape index (κ1) is 14.4. The Kier molecular flexibility index (Phi) is 4.15. The van der Waals surface area contributed by atoms with E-state index in [-0.39, 0.29) is 0 Å². The smallest absolute Gasteiger partial charge is 0.0782 e. The molecule has 4 nitrogen and oxygen atoms in total. The molecule has 0 spiro atoms. The highest BCUT2D eigenvalue weighted by Crippen LogP contribution is 2.32. The van der Waals surface area contributed by atoms with E-state index in [4.69, 9.17) is 0 Å². The van der Waals surface area contributed by atoms with Crippen LogP contribution in [0.4, 0.5) is 5.69 Å². The normalized spacial score (nSPS) is 25.2. The number of hydrazone groups is 1. The van der Waals surface area contributed by atoms with Crippen LogP contribution < -0.4 is 10.3 Å². The largest absolute Gasteiger partial charge is 0.372 e. The Morgan fingerprint density at radius 2 is 1.95 bits per heavy atom. The van der Waals surface area contributed by atoms with Crippen LogP contribution in [0.3, 0.4) is 0 Å². The maximum atomic E-state index is 4.57. The molecule has 2 aliphatic heterocycles. The maximum Gasteiger partial charge on any atom is 0.0782 e. The molecule has 0 saturated carbocycles. The van der Waals surface area contributed by atoms with Crippen molar-refractivity contribution in [2.24, 2.45) is 11.0 Å². The van der Waals surface area contributed by atoms with Gasteiger partial charge in [0.2, 0.25) is 0 Å². The molecule has 0 aromatic heterocycles. The number of benzene rings is 1. The zero-order valence-electron chi connectivity index (χ0n) is 13.3. The first-order chi connectivity index (χ1) is 10.2. The Bertz CT molecular complexity index is 504. The molecule has 1 aromatic carbocycles. The van der Waals surface area contributed by atoms with Crippen LogP contribution in [0.15, 0.2) is 29.4 Å². The van der Waals surface area contributed by atoms with Crippen molar-refractivity contribution in [1.29, 1.82) is 0 Å². The molecule has 1 N–H and O–H groups in total. The van der Waals surface area contributed by atoms with Crippen molar-refractivity contribution in [3.8, 4) is 0 Å². The summed E-state index contributed by atoms with van der Waals surface area (Å²) < 4.78 is 0. The number of nitrogens with one attached hydrogen (secondary N) is 1. The van der Waals surface area contributed by atoms with E-state index in [0.717, 1.165) is 32.6 Å². The van der Waals surface area contributed by atoms with Crippen molar-refractivity contribution < 1.29 is 0 Å². The summed E-state index contributed by atoms with van der Waals surface area (Å²) in [6.45, 7) is 8.75. The predicted molar refractivity (Wildman–Crippen MR) is 88.9 cm³/mol. The topological polar surface area (TPSA) is 30.9 Å². The minimum atomic E-state index is 0.341. The number of likely N-dealkylation sites (tertiary alicyclic amines) is 1. The predicted octanol–water partition coefficient (Wildman–Crippen LogP) is 2.48. The van der Waals surface area contributed by atoms with Gasteiger partial charge in [0.1, 0.15) is 0 Å². The molecule has 0 bridgehead atoms. The second-order valence-corrected chi connectivity index (χ2v) is 6.09. The highest BCUT2D eigenvalue weighted by molar-refractivity contribution is 5.89. The van der Waals surface area contributed by atoms with Gasteiger partial charge in [0.05, 0.1) is 6.04 Å². The summed E-state index contributed by atoms with van der Waals surface area (Å²) in [5.74, 6) is 0.531. The molecule has 2 unspecified atom stereocenters. The lowest BCUT2D eigenvalue weighted by Crippen LogP contribution is -2.39. The van der Waals surface area contributed by atoms with Gasteiger partial charge in [-0.15, -0.1) is 0 Å². The number of anilines is 1. The van der Waals surface area contributed by atoms with E-state index < -0.39 is 0 Å². The quantitative estimate of drug-likeness (QED) is 0.922. The first-order valence-electron chi connectivity index (χ1n) is 8.08. The molecule has 0 radical (unpaired) electrons. The first-order valence-corrected chi connectivity index (χ1v) is 8.08. The van der Waals surface area contributed by atoms with Gasteiger partial charge < -0.3 is 15.2 Å². The molecule has 4 heteroatoms. The Hall–Kier alpha value is -1.55. The van der Waals surface area contributed by atoms with Crippen LogP contribution in [0, 0.1) is 5.92 Å².